The molecule has 2 fully saturated rings. The summed E-state index contributed by atoms with van der Waals surface area (Å²) in [7, 11) is 0.0890. The molecule has 0 atom stereocenters. The van der Waals surface area contributed by atoms with Gasteiger partial charge < -0.3 is 14.4 Å². The van der Waals surface area contributed by atoms with Gasteiger partial charge in [0.15, 0.2) is 0 Å². The third-order valence-electron chi connectivity index (χ3n) is 6.02. The van der Waals surface area contributed by atoms with Crippen molar-refractivity contribution in [2.24, 2.45) is 13.0 Å². The van der Waals surface area contributed by atoms with Crippen molar-refractivity contribution < 1.29 is 13.2 Å². The third kappa shape index (κ3) is 3.86. The highest BCUT2D eigenvalue weighted by Gasteiger charge is 2.34. The Morgan fingerprint density at radius 1 is 1.03 bits per heavy atom. The fourth-order valence-electron chi connectivity index (χ4n) is 4.05. The Labute approximate surface area is 174 Å². The highest BCUT2D eigenvalue weighted by atomic mass is 32.2. The summed E-state index contributed by atoms with van der Waals surface area (Å²) >= 11 is 1.05. The predicted molar refractivity (Wildman–Crippen MR) is 113 cm³/mol. The number of nitrogens with zero attached hydrogens (tertiary/aromatic N) is 4. The number of likely N-dealkylation sites (N-methyl/N-ethyl adjacent to an activating group) is 1. The van der Waals surface area contributed by atoms with Gasteiger partial charge in [-0.05, 0) is 38.1 Å². The molecule has 1 aromatic heterocycles. The summed E-state index contributed by atoms with van der Waals surface area (Å²) in [5.74, 6) is 0.0531. The lowest BCUT2D eigenvalue weighted by molar-refractivity contribution is -0.138. The van der Waals surface area contributed by atoms with Crippen LogP contribution in [0.15, 0.2) is 27.9 Å². The van der Waals surface area contributed by atoms with E-state index in [2.05, 4.69) is 11.9 Å². The molecule has 1 amide bonds. The number of piperazine rings is 1. The van der Waals surface area contributed by atoms with Crippen molar-refractivity contribution in [3.05, 3.63) is 27.9 Å². The molecule has 2 aliphatic heterocycles. The second-order valence-electron chi connectivity index (χ2n) is 7.86. The summed E-state index contributed by atoms with van der Waals surface area (Å²) in [6.45, 7) is 3.94. The number of sulfonamides is 1. The maximum atomic E-state index is 13.1. The summed E-state index contributed by atoms with van der Waals surface area (Å²) in [6.07, 6.45) is 1.09. The van der Waals surface area contributed by atoms with E-state index in [1.807, 2.05) is 4.90 Å². The van der Waals surface area contributed by atoms with E-state index in [0.717, 1.165) is 43.0 Å². The number of piperidine rings is 1. The molecule has 0 saturated carbocycles. The number of hydrogen-bond donors (Lipinski definition) is 0. The quantitative estimate of drug-likeness (QED) is 0.707. The molecule has 2 aliphatic rings. The van der Waals surface area contributed by atoms with E-state index in [0.29, 0.717) is 30.6 Å². The summed E-state index contributed by atoms with van der Waals surface area (Å²) < 4.78 is 29.8. The average Bonchev–Trinajstić information content (AvgIpc) is 3.01. The molecule has 0 unspecified atom stereocenters. The van der Waals surface area contributed by atoms with Crippen LogP contribution in [-0.2, 0) is 21.9 Å². The number of rotatable bonds is 3. The van der Waals surface area contributed by atoms with Gasteiger partial charge >= 0.3 is 4.87 Å². The Hall–Kier alpha value is -1.75. The van der Waals surface area contributed by atoms with Gasteiger partial charge in [-0.1, -0.05) is 11.3 Å². The molecule has 0 spiro atoms. The van der Waals surface area contributed by atoms with Crippen LogP contribution in [0.2, 0.25) is 0 Å². The molecule has 158 valence electrons. The summed E-state index contributed by atoms with van der Waals surface area (Å²) in [5.41, 5.74) is 0.732. The van der Waals surface area contributed by atoms with Gasteiger partial charge in [0.25, 0.3) is 0 Å². The van der Waals surface area contributed by atoms with E-state index in [1.54, 1.807) is 25.2 Å². The van der Waals surface area contributed by atoms with Gasteiger partial charge in [-0.3, -0.25) is 9.59 Å². The lowest BCUT2D eigenvalue weighted by Crippen LogP contribution is -2.50. The molecule has 8 nitrogen and oxygen atoms in total. The maximum Gasteiger partial charge on any atom is 0.307 e. The van der Waals surface area contributed by atoms with E-state index in [1.165, 1.54) is 8.87 Å². The van der Waals surface area contributed by atoms with Crippen LogP contribution < -0.4 is 4.87 Å². The van der Waals surface area contributed by atoms with Gasteiger partial charge in [0.2, 0.25) is 15.9 Å². The molecule has 1 aromatic carbocycles. The van der Waals surface area contributed by atoms with Crippen LogP contribution in [0, 0.1) is 5.92 Å². The van der Waals surface area contributed by atoms with Crippen molar-refractivity contribution in [1.29, 1.82) is 0 Å². The van der Waals surface area contributed by atoms with Crippen LogP contribution >= 0.6 is 11.3 Å². The van der Waals surface area contributed by atoms with E-state index in [4.69, 9.17) is 0 Å². The Morgan fingerprint density at radius 3 is 2.34 bits per heavy atom. The zero-order valence-corrected chi connectivity index (χ0v) is 18.3. The molecule has 10 heteroatoms. The van der Waals surface area contributed by atoms with Crippen molar-refractivity contribution in [3.63, 3.8) is 0 Å². The molecular weight excluding hydrogens is 412 g/mol. The van der Waals surface area contributed by atoms with Gasteiger partial charge in [0.05, 0.1) is 15.1 Å². The highest BCUT2D eigenvalue weighted by molar-refractivity contribution is 7.89. The number of benzene rings is 1. The number of aryl methyl sites for hydroxylation is 1. The minimum atomic E-state index is -3.64. The van der Waals surface area contributed by atoms with E-state index < -0.39 is 10.0 Å². The number of thiazole rings is 1. The van der Waals surface area contributed by atoms with Crippen molar-refractivity contribution in [2.45, 2.75) is 17.7 Å². The summed E-state index contributed by atoms with van der Waals surface area (Å²) in [5, 5.41) is 0. The van der Waals surface area contributed by atoms with E-state index >= 15 is 0 Å². The van der Waals surface area contributed by atoms with Crippen LogP contribution in [0.1, 0.15) is 12.8 Å². The van der Waals surface area contributed by atoms with Gasteiger partial charge in [-0.25, -0.2) is 8.42 Å². The van der Waals surface area contributed by atoms with Crippen molar-refractivity contribution in [3.8, 4) is 0 Å². The molecule has 2 aromatic rings. The molecule has 3 heterocycles. The lowest BCUT2D eigenvalue weighted by Gasteiger charge is -2.37. The first-order chi connectivity index (χ1) is 13.8. The van der Waals surface area contributed by atoms with Gasteiger partial charge in [-0.15, -0.1) is 0 Å². The van der Waals surface area contributed by atoms with Crippen LogP contribution in [0.4, 0.5) is 0 Å². The third-order valence-corrected chi connectivity index (χ3v) is 8.91. The van der Waals surface area contributed by atoms with Gasteiger partial charge in [0, 0.05) is 52.2 Å². The zero-order chi connectivity index (χ0) is 20.8. The second-order valence-corrected chi connectivity index (χ2v) is 10.8. The smallest absolute Gasteiger partial charge is 0.307 e. The Morgan fingerprint density at radius 2 is 1.69 bits per heavy atom. The summed E-state index contributed by atoms with van der Waals surface area (Å²) in [4.78, 5) is 28.8. The fourth-order valence-corrected chi connectivity index (χ4v) is 6.54. The topological polar surface area (TPSA) is 82.9 Å². The lowest BCUT2D eigenvalue weighted by atomic mass is 9.96. The molecule has 4 rings (SSSR count). The van der Waals surface area contributed by atoms with E-state index in [-0.39, 0.29) is 21.6 Å². The van der Waals surface area contributed by atoms with Gasteiger partial charge in [0.1, 0.15) is 0 Å². The molecule has 29 heavy (non-hydrogen) atoms. The Balaban J connectivity index is 1.45. The summed E-state index contributed by atoms with van der Waals surface area (Å²) in [6, 6.07) is 4.83. The highest BCUT2D eigenvalue weighted by Crippen LogP contribution is 2.28. The number of fused-ring (bicyclic) bond motifs is 1. The number of aromatic nitrogens is 1. The fraction of sp³-hybridized carbons (Fsp3) is 0.579. The molecule has 2 saturated heterocycles. The average molecular weight is 439 g/mol. The molecular formula is C19H26N4O4S2. The van der Waals surface area contributed by atoms with Crippen molar-refractivity contribution >= 4 is 37.5 Å². The van der Waals surface area contributed by atoms with E-state index in [9.17, 15) is 18.0 Å². The standard InChI is InChI=1S/C19H26N4O4S2/c1-20-9-11-22(12-10-20)18(24)14-5-7-23(8-6-14)29(26,27)15-3-4-16-17(13-15)28-19(25)21(16)2/h3-4,13-14H,5-12H2,1-2H3. The Bertz CT molecular complexity index is 1080. The number of amides is 1. The van der Waals surface area contributed by atoms with Crippen LogP contribution in [0.5, 0.6) is 0 Å². The van der Waals surface area contributed by atoms with Crippen LogP contribution in [0.3, 0.4) is 0 Å². The molecule has 0 aliphatic carbocycles. The largest absolute Gasteiger partial charge is 0.340 e. The van der Waals surface area contributed by atoms with Crippen molar-refractivity contribution in [1.82, 2.24) is 18.7 Å². The normalized spacial score (nSPS) is 20.4. The first-order valence-electron chi connectivity index (χ1n) is 9.84. The molecule has 0 radical (unpaired) electrons. The van der Waals surface area contributed by atoms with Crippen LogP contribution in [-0.4, -0.2) is 79.3 Å². The first kappa shape index (κ1) is 20.5. The monoisotopic (exact) mass is 438 g/mol. The number of carbonyl (C=O) groups excluding carboxylic acids is 1. The van der Waals surface area contributed by atoms with Crippen LogP contribution in [0.25, 0.3) is 10.2 Å². The SMILES string of the molecule is CN1CCN(C(=O)C2CCN(S(=O)(=O)c3ccc4c(c3)sc(=O)n4C)CC2)CC1. The molecule has 0 bridgehead atoms. The maximum absolute atomic E-state index is 13.1. The minimum absolute atomic E-state index is 0.105. The second kappa shape index (κ2) is 7.82. The predicted octanol–water partition coefficient (Wildman–Crippen LogP) is 0.775. The van der Waals surface area contributed by atoms with Crippen molar-refractivity contribution in [2.75, 3.05) is 46.3 Å². The first-order valence-corrected chi connectivity index (χ1v) is 12.1. The van der Waals surface area contributed by atoms with Gasteiger partial charge in [-0.2, -0.15) is 4.31 Å². The number of carbonyl (C=O) groups is 1. The zero-order valence-electron chi connectivity index (χ0n) is 16.7. The number of hydrogen-bond acceptors (Lipinski definition) is 6. The Kier molecular flexibility index (Phi) is 5.54. The molecule has 0 N–H and O–H groups in total. The minimum Gasteiger partial charge on any atom is -0.340 e.